The van der Waals surface area contributed by atoms with Crippen LogP contribution in [0, 0.1) is 0 Å². The Balaban J connectivity index is 1.30. The normalized spacial score (nSPS) is 11.5. The Bertz CT molecular complexity index is 1340. The summed E-state index contributed by atoms with van der Waals surface area (Å²) < 4.78 is 33.0. The molecule has 4 rings (SSSR count). The molecular weight excluding hydrogens is 472 g/mol. The average Bonchev–Trinajstić information content (AvgIpc) is 3.50. The number of rotatable bonds is 9. The average molecular weight is 497 g/mol. The van der Waals surface area contributed by atoms with Crippen LogP contribution in [0.1, 0.15) is 37.6 Å². The molecule has 0 fully saturated rings. The quantitative estimate of drug-likeness (QED) is 0.325. The fourth-order valence-electron chi connectivity index (χ4n) is 3.20. The van der Waals surface area contributed by atoms with Crippen LogP contribution in [0.3, 0.4) is 0 Å². The molecule has 0 radical (unpaired) electrons. The monoisotopic (exact) mass is 496 g/mol. The van der Waals surface area contributed by atoms with Gasteiger partial charge in [-0.25, -0.2) is 18.4 Å². The Kier molecular flexibility index (Phi) is 7.09. The largest absolute Gasteiger partial charge is 0.441 e. The number of anilines is 2. The predicted octanol–water partition coefficient (Wildman–Crippen LogP) is 5.29. The highest BCUT2D eigenvalue weighted by molar-refractivity contribution is 7.93. The Hall–Kier alpha value is -3.50. The topological polar surface area (TPSA) is 114 Å². The van der Waals surface area contributed by atoms with E-state index in [2.05, 4.69) is 46.0 Å². The Morgan fingerprint density at radius 1 is 1.06 bits per heavy atom. The fraction of sp³-hybridized carbons (Fsp3) is 0.208. The summed E-state index contributed by atoms with van der Waals surface area (Å²) in [6.45, 7) is 4.29. The number of hydrogen-bond donors (Lipinski definition) is 2. The van der Waals surface area contributed by atoms with Crippen LogP contribution < -0.4 is 10.0 Å². The zero-order chi connectivity index (χ0) is 24.1. The van der Waals surface area contributed by atoms with Crippen molar-refractivity contribution in [3.63, 3.8) is 0 Å². The molecule has 0 aliphatic heterocycles. The van der Waals surface area contributed by atoms with E-state index in [0.717, 1.165) is 5.56 Å². The summed E-state index contributed by atoms with van der Waals surface area (Å²) in [5.41, 5.74) is 2.69. The Morgan fingerprint density at radius 3 is 2.44 bits per heavy atom. The molecule has 0 aliphatic rings. The molecule has 176 valence electrons. The SMILES string of the molecule is CC(C)c1ccc(-c2cnc(CCC(=O)Nc3ccc(S(=O)(=O)Nc4nccs4)cc3)o2)cc1. The van der Waals surface area contributed by atoms with Gasteiger partial charge >= 0.3 is 0 Å². The number of aromatic nitrogens is 2. The zero-order valence-corrected chi connectivity index (χ0v) is 20.3. The highest BCUT2D eigenvalue weighted by Gasteiger charge is 2.16. The van der Waals surface area contributed by atoms with Crippen LogP contribution in [0.5, 0.6) is 0 Å². The van der Waals surface area contributed by atoms with Gasteiger partial charge in [0.2, 0.25) is 5.91 Å². The van der Waals surface area contributed by atoms with Crippen molar-refractivity contribution in [2.45, 2.75) is 37.5 Å². The minimum absolute atomic E-state index is 0.0782. The summed E-state index contributed by atoms with van der Waals surface area (Å²) in [6, 6.07) is 14.1. The van der Waals surface area contributed by atoms with Crippen LogP contribution in [-0.2, 0) is 21.2 Å². The molecule has 2 heterocycles. The summed E-state index contributed by atoms with van der Waals surface area (Å²) in [6.07, 6.45) is 3.71. The molecule has 2 aromatic carbocycles. The molecule has 8 nitrogen and oxygen atoms in total. The van der Waals surface area contributed by atoms with Gasteiger partial charge < -0.3 is 9.73 Å². The zero-order valence-electron chi connectivity index (χ0n) is 18.7. The molecule has 0 unspecified atom stereocenters. The lowest BCUT2D eigenvalue weighted by Crippen LogP contribution is -2.14. The van der Waals surface area contributed by atoms with E-state index >= 15 is 0 Å². The summed E-state index contributed by atoms with van der Waals surface area (Å²) in [5, 5.41) is 4.73. The molecule has 0 bridgehead atoms. The second-order valence-corrected chi connectivity index (χ2v) is 10.5. The van der Waals surface area contributed by atoms with Crippen molar-refractivity contribution in [2.24, 2.45) is 0 Å². The lowest BCUT2D eigenvalue weighted by molar-refractivity contribution is -0.116. The number of nitrogens with zero attached hydrogens (tertiary/aromatic N) is 2. The maximum Gasteiger partial charge on any atom is 0.263 e. The first-order valence-electron chi connectivity index (χ1n) is 10.7. The van der Waals surface area contributed by atoms with Crippen molar-refractivity contribution in [2.75, 3.05) is 10.0 Å². The van der Waals surface area contributed by atoms with Gasteiger partial charge in [0.1, 0.15) is 0 Å². The number of nitrogens with one attached hydrogen (secondary N) is 2. The second-order valence-electron chi connectivity index (χ2n) is 7.91. The highest BCUT2D eigenvalue weighted by Crippen LogP contribution is 2.24. The number of benzene rings is 2. The number of thiazole rings is 1. The minimum atomic E-state index is -3.74. The van der Waals surface area contributed by atoms with Crippen LogP contribution in [0.4, 0.5) is 10.8 Å². The van der Waals surface area contributed by atoms with Gasteiger partial charge in [0, 0.05) is 35.7 Å². The van der Waals surface area contributed by atoms with E-state index in [-0.39, 0.29) is 17.2 Å². The molecule has 0 atom stereocenters. The highest BCUT2D eigenvalue weighted by atomic mass is 32.2. The van der Waals surface area contributed by atoms with Gasteiger partial charge in [0.15, 0.2) is 16.8 Å². The van der Waals surface area contributed by atoms with Gasteiger partial charge in [0.05, 0.1) is 11.1 Å². The lowest BCUT2D eigenvalue weighted by atomic mass is 10.0. The molecule has 0 saturated carbocycles. The standard InChI is InChI=1S/C24H24N4O4S2/c1-16(2)17-3-5-18(6-4-17)21-15-26-23(32-21)12-11-22(29)27-19-7-9-20(10-8-19)34(30,31)28-24-25-13-14-33-24/h3-10,13-16H,11-12H2,1-2H3,(H,25,28)(H,27,29). The van der Waals surface area contributed by atoms with Gasteiger partial charge in [-0.2, -0.15) is 0 Å². The van der Waals surface area contributed by atoms with E-state index in [9.17, 15) is 13.2 Å². The van der Waals surface area contributed by atoms with Crippen molar-refractivity contribution in [1.29, 1.82) is 0 Å². The number of sulfonamides is 1. The van der Waals surface area contributed by atoms with Crippen LogP contribution in [0.2, 0.25) is 0 Å². The van der Waals surface area contributed by atoms with Crippen molar-refractivity contribution in [3.8, 4) is 11.3 Å². The first kappa shape index (κ1) is 23.7. The van der Waals surface area contributed by atoms with Crippen LogP contribution >= 0.6 is 11.3 Å². The summed E-state index contributed by atoms with van der Waals surface area (Å²) >= 11 is 1.19. The van der Waals surface area contributed by atoms with Gasteiger partial charge in [-0.05, 0) is 35.7 Å². The van der Waals surface area contributed by atoms with E-state index in [1.807, 2.05) is 12.1 Å². The molecular formula is C24H24N4O4S2. The first-order valence-corrected chi connectivity index (χ1v) is 13.0. The van der Waals surface area contributed by atoms with Crippen LogP contribution in [-0.4, -0.2) is 24.3 Å². The van der Waals surface area contributed by atoms with E-state index in [1.54, 1.807) is 23.7 Å². The number of carbonyl (C=O) groups excluding carboxylic acids is 1. The maximum atomic E-state index is 12.4. The van der Waals surface area contributed by atoms with Crippen molar-refractivity contribution in [3.05, 3.63) is 77.8 Å². The molecule has 0 aliphatic carbocycles. The van der Waals surface area contributed by atoms with E-state index in [0.29, 0.717) is 34.8 Å². The van der Waals surface area contributed by atoms with Crippen molar-refractivity contribution in [1.82, 2.24) is 9.97 Å². The molecule has 34 heavy (non-hydrogen) atoms. The third-order valence-corrected chi connectivity index (χ3v) is 7.26. The van der Waals surface area contributed by atoms with Crippen LogP contribution in [0.15, 0.2) is 75.6 Å². The number of aryl methyl sites for hydroxylation is 1. The number of oxazole rings is 1. The summed E-state index contributed by atoms with van der Waals surface area (Å²) in [5.74, 6) is 1.37. The predicted molar refractivity (Wildman–Crippen MR) is 132 cm³/mol. The smallest absolute Gasteiger partial charge is 0.263 e. The number of carbonyl (C=O) groups is 1. The molecule has 1 amide bonds. The first-order chi connectivity index (χ1) is 16.3. The lowest BCUT2D eigenvalue weighted by Gasteiger charge is -2.07. The van der Waals surface area contributed by atoms with Crippen molar-refractivity contribution >= 4 is 38.1 Å². The fourth-order valence-corrected chi connectivity index (χ4v) is 4.99. The molecule has 2 aromatic heterocycles. The van der Waals surface area contributed by atoms with Gasteiger partial charge in [-0.15, -0.1) is 11.3 Å². The van der Waals surface area contributed by atoms with Gasteiger partial charge in [0.25, 0.3) is 10.0 Å². The van der Waals surface area contributed by atoms with E-state index in [4.69, 9.17) is 4.42 Å². The van der Waals surface area contributed by atoms with Crippen LogP contribution in [0.25, 0.3) is 11.3 Å². The molecule has 10 heteroatoms. The number of amides is 1. The Labute approximate surface area is 202 Å². The van der Waals surface area contributed by atoms with Crippen molar-refractivity contribution < 1.29 is 17.6 Å². The second kappa shape index (κ2) is 10.2. The van der Waals surface area contributed by atoms with E-state index < -0.39 is 10.0 Å². The summed E-state index contributed by atoms with van der Waals surface area (Å²) in [7, 11) is -3.74. The molecule has 0 spiro atoms. The molecule has 4 aromatic rings. The summed E-state index contributed by atoms with van der Waals surface area (Å²) in [4.78, 5) is 20.6. The van der Waals surface area contributed by atoms with Gasteiger partial charge in [-0.3, -0.25) is 9.52 Å². The minimum Gasteiger partial charge on any atom is -0.441 e. The third kappa shape index (κ3) is 5.89. The Morgan fingerprint density at radius 2 is 1.79 bits per heavy atom. The number of hydrogen-bond acceptors (Lipinski definition) is 7. The molecule has 0 saturated heterocycles. The van der Waals surface area contributed by atoms with E-state index in [1.165, 1.54) is 35.2 Å². The third-order valence-electron chi connectivity index (χ3n) is 5.08. The maximum absolute atomic E-state index is 12.4. The van der Waals surface area contributed by atoms with Gasteiger partial charge in [-0.1, -0.05) is 38.1 Å². The molecule has 2 N–H and O–H groups in total.